The van der Waals surface area contributed by atoms with E-state index >= 15 is 0 Å². The van der Waals surface area contributed by atoms with Gasteiger partial charge in [-0.25, -0.2) is 4.98 Å². The normalized spacial score (nSPS) is 15.6. The molecule has 62 valence electrons. The van der Waals surface area contributed by atoms with Gasteiger partial charge < -0.3 is 5.32 Å². The molecule has 2 rings (SSSR count). The van der Waals surface area contributed by atoms with Gasteiger partial charge in [0, 0.05) is 6.54 Å². The average molecular weight is 167 g/mol. The monoisotopic (exact) mass is 167 g/mol. The Morgan fingerprint density at radius 3 is 3.08 bits per heavy atom. The van der Waals surface area contributed by atoms with Crippen LogP contribution in [0.15, 0.2) is 23.2 Å². The summed E-state index contributed by atoms with van der Waals surface area (Å²) in [5, 5.41) is 3.02. The van der Waals surface area contributed by atoms with E-state index in [4.69, 9.17) is 0 Å². The molecule has 3 nitrogen and oxygen atoms in total. The Morgan fingerprint density at radius 1 is 1.50 bits per heavy atom. The van der Waals surface area contributed by atoms with E-state index in [1.165, 1.54) is 6.07 Å². The standard InChI is InChI=1S/C8H8FN3/c9-7-3-1-2-6(12-7)8-10-4-5-11-8/h1-3H,4-5H2,(H,10,11)/i8+2. The number of rotatable bonds is 1. The Hall–Kier alpha value is -1.45. The van der Waals surface area contributed by atoms with Gasteiger partial charge in [-0.1, -0.05) is 6.07 Å². The SMILES string of the molecule is Fc1cccc([14C]2=NCCN2)n1. The molecular weight excluding hydrogens is 159 g/mol. The van der Waals surface area contributed by atoms with Gasteiger partial charge in [-0.3, -0.25) is 4.99 Å². The van der Waals surface area contributed by atoms with Crippen molar-refractivity contribution in [2.45, 2.75) is 0 Å². The predicted octanol–water partition coefficient (Wildman–Crippen LogP) is 0.570. The van der Waals surface area contributed by atoms with E-state index in [9.17, 15) is 4.39 Å². The molecule has 1 N–H and O–H groups in total. The maximum atomic E-state index is 12.6. The van der Waals surface area contributed by atoms with E-state index in [-0.39, 0.29) is 0 Å². The quantitative estimate of drug-likeness (QED) is 0.621. The van der Waals surface area contributed by atoms with Crippen LogP contribution in [-0.2, 0) is 0 Å². The molecule has 0 radical (unpaired) electrons. The van der Waals surface area contributed by atoms with Gasteiger partial charge in [-0.05, 0) is 12.1 Å². The lowest BCUT2D eigenvalue weighted by Gasteiger charge is -1.99. The summed E-state index contributed by atoms with van der Waals surface area (Å²) in [5.74, 6) is 0.221. The average Bonchev–Trinajstić information content (AvgIpc) is 2.56. The Labute approximate surface area is 69.4 Å². The number of halogens is 1. The van der Waals surface area contributed by atoms with Crippen molar-refractivity contribution in [3.63, 3.8) is 0 Å². The van der Waals surface area contributed by atoms with E-state index < -0.39 is 5.95 Å². The van der Waals surface area contributed by atoms with Crippen molar-refractivity contribution in [3.05, 3.63) is 29.8 Å². The minimum atomic E-state index is -0.469. The number of nitrogens with one attached hydrogen (secondary N) is 1. The van der Waals surface area contributed by atoms with E-state index in [0.717, 1.165) is 13.1 Å². The number of hydrogen-bond donors (Lipinski definition) is 1. The summed E-state index contributed by atoms with van der Waals surface area (Å²) in [6.07, 6.45) is 0. The second kappa shape index (κ2) is 2.89. The summed E-state index contributed by atoms with van der Waals surface area (Å²) in [6.45, 7) is 1.56. The third kappa shape index (κ3) is 1.28. The predicted molar refractivity (Wildman–Crippen MR) is 43.6 cm³/mol. The first-order chi connectivity index (χ1) is 5.86. The third-order valence-corrected chi connectivity index (χ3v) is 1.63. The van der Waals surface area contributed by atoms with Crippen molar-refractivity contribution < 1.29 is 4.39 Å². The van der Waals surface area contributed by atoms with Gasteiger partial charge in [-0.2, -0.15) is 4.39 Å². The third-order valence-electron chi connectivity index (χ3n) is 1.63. The van der Waals surface area contributed by atoms with Crippen molar-refractivity contribution in [2.24, 2.45) is 4.99 Å². The van der Waals surface area contributed by atoms with Crippen LogP contribution in [0.3, 0.4) is 0 Å². The molecule has 0 spiro atoms. The molecule has 0 bridgehead atoms. The van der Waals surface area contributed by atoms with Gasteiger partial charge in [0.25, 0.3) is 0 Å². The molecule has 0 atom stereocenters. The van der Waals surface area contributed by atoms with Crippen LogP contribution in [0.4, 0.5) is 4.39 Å². The summed E-state index contributed by atoms with van der Waals surface area (Å²) >= 11 is 0. The molecular formula is C8H8FN3. The van der Waals surface area contributed by atoms with Crippen molar-refractivity contribution in [1.82, 2.24) is 10.3 Å². The highest BCUT2D eigenvalue weighted by Gasteiger charge is 2.08. The van der Waals surface area contributed by atoms with Gasteiger partial charge in [-0.15, -0.1) is 0 Å². The molecule has 0 fully saturated rings. The van der Waals surface area contributed by atoms with Crippen LogP contribution in [0, 0.1) is 5.95 Å². The largest absolute Gasteiger partial charge is 0.367 e. The second-order valence-corrected chi connectivity index (χ2v) is 2.50. The molecule has 0 saturated carbocycles. The summed E-state index contributed by atoms with van der Waals surface area (Å²) < 4.78 is 12.6. The number of hydrogen-bond acceptors (Lipinski definition) is 3. The molecule has 4 heteroatoms. The van der Waals surface area contributed by atoms with Gasteiger partial charge in [0.2, 0.25) is 5.95 Å². The van der Waals surface area contributed by atoms with Crippen molar-refractivity contribution >= 4 is 5.84 Å². The lowest BCUT2D eigenvalue weighted by molar-refractivity contribution is 0.582. The van der Waals surface area contributed by atoms with Crippen molar-refractivity contribution in [2.75, 3.05) is 13.1 Å². The van der Waals surface area contributed by atoms with Crippen LogP contribution in [0.2, 0.25) is 0 Å². The molecule has 0 aromatic carbocycles. The first kappa shape index (κ1) is 7.21. The van der Waals surface area contributed by atoms with E-state index in [2.05, 4.69) is 15.3 Å². The number of aromatic nitrogens is 1. The fourth-order valence-corrected chi connectivity index (χ4v) is 1.11. The lowest BCUT2D eigenvalue weighted by Crippen LogP contribution is -2.20. The molecule has 1 aliphatic rings. The Balaban J connectivity index is 2.33. The Kier molecular flexibility index (Phi) is 1.74. The summed E-state index contributed by atoms with van der Waals surface area (Å²) in [6, 6.07) is 4.68. The van der Waals surface area contributed by atoms with E-state index in [0.29, 0.717) is 11.5 Å². The van der Waals surface area contributed by atoms with Crippen LogP contribution in [-0.4, -0.2) is 23.9 Å². The zero-order valence-corrected chi connectivity index (χ0v) is 6.42. The van der Waals surface area contributed by atoms with Gasteiger partial charge in [0.15, 0.2) is 0 Å². The van der Waals surface area contributed by atoms with Crippen LogP contribution in [0.1, 0.15) is 5.69 Å². The summed E-state index contributed by atoms with van der Waals surface area (Å²) in [4.78, 5) is 7.82. The summed E-state index contributed by atoms with van der Waals surface area (Å²) in [5.41, 5.74) is 0.576. The fourth-order valence-electron chi connectivity index (χ4n) is 1.11. The highest BCUT2D eigenvalue weighted by Crippen LogP contribution is 2.00. The van der Waals surface area contributed by atoms with E-state index in [1.54, 1.807) is 12.1 Å². The minimum Gasteiger partial charge on any atom is -0.367 e. The highest BCUT2D eigenvalue weighted by atomic mass is 19.1. The molecule has 0 unspecified atom stereocenters. The zero-order valence-electron chi connectivity index (χ0n) is 6.42. The van der Waals surface area contributed by atoms with Crippen LogP contribution < -0.4 is 5.32 Å². The number of aliphatic imine (C=N–C) groups is 1. The topological polar surface area (TPSA) is 37.3 Å². The molecule has 1 aromatic rings. The van der Waals surface area contributed by atoms with Crippen LogP contribution in [0.5, 0.6) is 0 Å². The molecule has 1 aliphatic heterocycles. The zero-order chi connectivity index (χ0) is 8.39. The molecule has 0 amide bonds. The van der Waals surface area contributed by atoms with Crippen molar-refractivity contribution in [1.29, 1.82) is 0 Å². The van der Waals surface area contributed by atoms with Gasteiger partial charge >= 0.3 is 0 Å². The van der Waals surface area contributed by atoms with Crippen LogP contribution in [0.25, 0.3) is 0 Å². The first-order valence-electron chi connectivity index (χ1n) is 3.77. The Bertz CT molecular complexity index is 322. The molecule has 0 saturated heterocycles. The highest BCUT2D eigenvalue weighted by molar-refractivity contribution is 5.97. The first-order valence-corrected chi connectivity index (χ1v) is 3.77. The summed E-state index contributed by atoms with van der Waals surface area (Å²) in [7, 11) is 0. The number of nitrogens with zero attached hydrogens (tertiary/aromatic N) is 2. The van der Waals surface area contributed by atoms with Crippen LogP contribution >= 0.6 is 0 Å². The molecule has 2 heterocycles. The second-order valence-electron chi connectivity index (χ2n) is 2.50. The van der Waals surface area contributed by atoms with Gasteiger partial charge in [0.1, 0.15) is 11.5 Å². The molecule has 12 heavy (non-hydrogen) atoms. The molecule has 1 aromatic heterocycles. The Morgan fingerprint density at radius 2 is 2.42 bits per heavy atom. The minimum absolute atomic E-state index is 0.469. The maximum absolute atomic E-state index is 12.6. The maximum Gasteiger partial charge on any atom is 0.213 e. The van der Waals surface area contributed by atoms with Gasteiger partial charge in [0.05, 0.1) is 6.54 Å². The molecule has 0 aliphatic carbocycles. The number of amidine groups is 1. The van der Waals surface area contributed by atoms with E-state index in [1.807, 2.05) is 0 Å². The smallest absolute Gasteiger partial charge is 0.213 e. The van der Waals surface area contributed by atoms with Crippen molar-refractivity contribution in [3.8, 4) is 0 Å². The fraction of sp³-hybridized carbons (Fsp3) is 0.250. The number of pyridine rings is 1. The lowest BCUT2D eigenvalue weighted by atomic mass is 10.5.